The van der Waals surface area contributed by atoms with Crippen LogP contribution in [0.3, 0.4) is 0 Å². The maximum Gasteiger partial charge on any atom is 0.412 e. The lowest BCUT2D eigenvalue weighted by molar-refractivity contribution is -0.162. The van der Waals surface area contributed by atoms with Crippen LogP contribution in [0.15, 0.2) is 24.3 Å². The van der Waals surface area contributed by atoms with E-state index in [1.54, 1.807) is 66.0 Å². The van der Waals surface area contributed by atoms with Gasteiger partial charge in [-0.15, -0.1) is 0 Å². The lowest BCUT2D eigenvalue weighted by atomic mass is 9.89. The van der Waals surface area contributed by atoms with Crippen molar-refractivity contribution in [2.45, 2.75) is 71.1 Å². The molecule has 0 radical (unpaired) electrons. The third-order valence-corrected chi connectivity index (χ3v) is 5.24. The minimum Gasteiger partial charge on any atom is -0.497 e. The molecule has 2 heterocycles. The lowest BCUT2D eigenvalue weighted by Gasteiger charge is -2.50. The monoisotopic (exact) mass is 434 g/mol. The first-order valence-corrected chi connectivity index (χ1v) is 10.2. The third kappa shape index (κ3) is 4.46. The highest BCUT2D eigenvalue weighted by Crippen LogP contribution is 2.40. The molecule has 2 aliphatic heterocycles. The van der Waals surface area contributed by atoms with Gasteiger partial charge in [-0.2, -0.15) is 0 Å². The predicted octanol–water partition coefficient (Wildman–Crippen LogP) is 2.71. The molecule has 0 bridgehead atoms. The normalized spacial score (nSPS) is 25.1. The summed E-state index contributed by atoms with van der Waals surface area (Å²) in [5.41, 5.74) is -1.06. The van der Waals surface area contributed by atoms with E-state index in [0.717, 1.165) is 0 Å². The number of nitrogens with zero attached hydrogens (tertiary/aromatic N) is 2. The Morgan fingerprint density at radius 3 is 2.29 bits per heavy atom. The van der Waals surface area contributed by atoms with E-state index < -0.39 is 41.6 Å². The molecule has 2 aliphatic rings. The Balaban J connectivity index is 1.97. The van der Waals surface area contributed by atoms with Gasteiger partial charge in [0.2, 0.25) is 6.10 Å². The summed E-state index contributed by atoms with van der Waals surface area (Å²) < 4.78 is 22.0. The van der Waals surface area contributed by atoms with Gasteiger partial charge in [0.15, 0.2) is 0 Å². The summed E-state index contributed by atoms with van der Waals surface area (Å²) in [6.07, 6.45) is -1.58. The molecule has 9 nitrogen and oxygen atoms in total. The Morgan fingerprint density at radius 2 is 1.77 bits per heavy atom. The first kappa shape index (κ1) is 22.9. The fraction of sp³-hybridized carbons (Fsp3) is 0.591. The Kier molecular flexibility index (Phi) is 5.92. The number of hydrogen-bond donors (Lipinski definition) is 0. The van der Waals surface area contributed by atoms with Gasteiger partial charge in [-0.25, -0.2) is 4.79 Å². The van der Waals surface area contributed by atoms with E-state index in [-0.39, 0.29) is 12.5 Å². The molecule has 1 aromatic carbocycles. The van der Waals surface area contributed by atoms with Gasteiger partial charge in [0.1, 0.15) is 23.1 Å². The molecule has 31 heavy (non-hydrogen) atoms. The fourth-order valence-corrected chi connectivity index (χ4v) is 3.95. The van der Waals surface area contributed by atoms with Crippen LogP contribution in [0, 0.1) is 0 Å². The number of rotatable bonds is 4. The van der Waals surface area contributed by atoms with Crippen molar-refractivity contribution in [2.75, 3.05) is 18.6 Å². The number of hydrogen-bond acceptors (Lipinski definition) is 7. The van der Waals surface area contributed by atoms with Gasteiger partial charge in [0, 0.05) is 12.6 Å². The van der Waals surface area contributed by atoms with Gasteiger partial charge in [0.05, 0.1) is 19.8 Å². The summed E-state index contributed by atoms with van der Waals surface area (Å²) >= 11 is 0. The third-order valence-electron chi connectivity index (χ3n) is 5.24. The van der Waals surface area contributed by atoms with Crippen molar-refractivity contribution in [1.82, 2.24) is 4.90 Å². The number of amides is 2. The van der Waals surface area contributed by atoms with E-state index in [9.17, 15) is 14.4 Å². The summed E-state index contributed by atoms with van der Waals surface area (Å²) in [5.74, 6) is -0.288. The van der Waals surface area contributed by atoms with Crippen LogP contribution in [0.25, 0.3) is 0 Å². The van der Waals surface area contributed by atoms with E-state index in [4.69, 9.17) is 18.9 Å². The standard InChI is InChI=1S/C22H30N2O7/c1-13(25)30-18-17(23(19(18)26)14-8-10-15(28-7)11-9-14)16-12-29-22(5,6)24(16)20(27)31-21(2,3)4/h8-11,16-18H,12H2,1-7H3/t16?,17-,18+/m1/s1. The van der Waals surface area contributed by atoms with Crippen LogP contribution in [0.2, 0.25) is 0 Å². The van der Waals surface area contributed by atoms with Crippen molar-refractivity contribution >= 4 is 23.7 Å². The molecule has 3 rings (SSSR count). The maximum atomic E-state index is 13.1. The minimum atomic E-state index is -1.02. The summed E-state index contributed by atoms with van der Waals surface area (Å²) in [7, 11) is 1.56. The van der Waals surface area contributed by atoms with Crippen LogP contribution < -0.4 is 9.64 Å². The van der Waals surface area contributed by atoms with Gasteiger partial charge in [-0.3, -0.25) is 19.4 Å². The van der Waals surface area contributed by atoms with Crippen LogP contribution in [-0.2, 0) is 23.8 Å². The van der Waals surface area contributed by atoms with E-state index >= 15 is 0 Å². The molecule has 170 valence electrons. The van der Waals surface area contributed by atoms with Gasteiger partial charge in [-0.05, 0) is 58.9 Å². The van der Waals surface area contributed by atoms with Crippen LogP contribution >= 0.6 is 0 Å². The molecule has 2 saturated heterocycles. The molecule has 0 N–H and O–H groups in total. The number of methoxy groups -OCH3 is 1. The molecule has 0 spiro atoms. The summed E-state index contributed by atoms with van der Waals surface area (Å²) in [6.45, 7) is 10.3. The van der Waals surface area contributed by atoms with Crippen LogP contribution in [-0.4, -0.2) is 66.1 Å². The Hall–Kier alpha value is -2.81. The molecular formula is C22H30N2O7. The van der Waals surface area contributed by atoms with Gasteiger partial charge >= 0.3 is 12.1 Å². The Bertz CT molecular complexity index is 860. The molecule has 2 fully saturated rings. The summed E-state index contributed by atoms with van der Waals surface area (Å²) in [6, 6.07) is 5.76. The molecule has 0 aliphatic carbocycles. The molecular weight excluding hydrogens is 404 g/mol. The van der Waals surface area contributed by atoms with Crippen molar-refractivity contribution in [3.8, 4) is 5.75 Å². The number of carbonyl (C=O) groups is 3. The van der Waals surface area contributed by atoms with E-state index in [1.165, 1.54) is 16.7 Å². The number of benzene rings is 1. The molecule has 1 aromatic rings. The second kappa shape index (κ2) is 8.03. The number of esters is 1. The summed E-state index contributed by atoms with van der Waals surface area (Å²) in [5, 5.41) is 0. The second-order valence-corrected chi connectivity index (χ2v) is 9.10. The Morgan fingerprint density at radius 1 is 1.16 bits per heavy atom. The second-order valence-electron chi connectivity index (χ2n) is 9.10. The zero-order chi connectivity index (χ0) is 23.1. The molecule has 0 aromatic heterocycles. The van der Waals surface area contributed by atoms with E-state index in [1.807, 2.05) is 0 Å². The molecule has 0 saturated carbocycles. The number of β-lactam (4-membered cyclic amide) rings is 1. The SMILES string of the molecule is COc1ccc(N2C(=O)[C@@H](OC(C)=O)[C@H]2C2COC(C)(C)N2C(=O)OC(C)(C)C)cc1. The van der Waals surface area contributed by atoms with Gasteiger partial charge < -0.3 is 18.9 Å². The average Bonchev–Trinajstić information content (AvgIpc) is 2.97. The molecule has 9 heteroatoms. The number of ether oxygens (including phenoxy) is 4. The fourth-order valence-electron chi connectivity index (χ4n) is 3.95. The van der Waals surface area contributed by atoms with Gasteiger partial charge in [0.25, 0.3) is 5.91 Å². The van der Waals surface area contributed by atoms with Crippen molar-refractivity contribution in [1.29, 1.82) is 0 Å². The highest BCUT2D eigenvalue weighted by molar-refractivity contribution is 6.06. The first-order chi connectivity index (χ1) is 14.4. The van der Waals surface area contributed by atoms with E-state index in [2.05, 4.69) is 0 Å². The number of carbonyl (C=O) groups excluding carboxylic acids is 3. The average molecular weight is 434 g/mol. The summed E-state index contributed by atoms with van der Waals surface area (Å²) in [4.78, 5) is 40.7. The Labute approximate surface area is 182 Å². The van der Waals surface area contributed by atoms with Crippen molar-refractivity contribution in [3.05, 3.63) is 24.3 Å². The minimum absolute atomic E-state index is 0.161. The quantitative estimate of drug-likeness (QED) is 0.531. The highest BCUT2D eigenvalue weighted by atomic mass is 16.6. The predicted molar refractivity (Wildman–Crippen MR) is 112 cm³/mol. The highest BCUT2D eigenvalue weighted by Gasteiger charge is 2.60. The van der Waals surface area contributed by atoms with Crippen LogP contribution in [0.4, 0.5) is 10.5 Å². The zero-order valence-corrected chi connectivity index (χ0v) is 19.0. The van der Waals surface area contributed by atoms with E-state index in [0.29, 0.717) is 11.4 Å². The van der Waals surface area contributed by atoms with Crippen molar-refractivity contribution < 1.29 is 33.3 Å². The zero-order valence-electron chi connectivity index (χ0n) is 19.0. The topological polar surface area (TPSA) is 94.6 Å². The maximum absolute atomic E-state index is 13.1. The molecule has 2 amide bonds. The van der Waals surface area contributed by atoms with Gasteiger partial charge in [-0.1, -0.05) is 0 Å². The smallest absolute Gasteiger partial charge is 0.412 e. The lowest BCUT2D eigenvalue weighted by Crippen LogP contribution is -2.74. The molecule has 1 unspecified atom stereocenters. The van der Waals surface area contributed by atoms with Crippen LogP contribution in [0.1, 0.15) is 41.5 Å². The van der Waals surface area contributed by atoms with Crippen molar-refractivity contribution in [2.24, 2.45) is 0 Å². The van der Waals surface area contributed by atoms with Crippen LogP contribution in [0.5, 0.6) is 5.75 Å². The number of anilines is 1. The first-order valence-electron chi connectivity index (χ1n) is 10.2. The van der Waals surface area contributed by atoms with Crippen molar-refractivity contribution in [3.63, 3.8) is 0 Å². The molecule has 3 atom stereocenters. The largest absolute Gasteiger partial charge is 0.497 e.